The first-order chi connectivity index (χ1) is 15.7. The first-order valence-corrected chi connectivity index (χ1v) is 11.1. The van der Waals surface area contributed by atoms with E-state index in [4.69, 9.17) is 9.47 Å². The average molecular weight is 479 g/mol. The zero-order valence-corrected chi connectivity index (χ0v) is 18.1. The fraction of sp³-hybridized carbons (Fsp3) is 0.190. The minimum absolute atomic E-state index is 0.0193. The molecule has 0 radical (unpaired) electrons. The van der Waals surface area contributed by atoms with E-state index in [0.29, 0.717) is 5.69 Å². The minimum atomic E-state index is -4.73. The highest BCUT2D eigenvalue weighted by Crippen LogP contribution is 2.22. The summed E-state index contributed by atoms with van der Waals surface area (Å²) in [5, 5.41) is 6.62. The van der Waals surface area contributed by atoms with Crippen LogP contribution in [0, 0.1) is 0 Å². The summed E-state index contributed by atoms with van der Waals surface area (Å²) in [7, 11) is -4.73. The van der Waals surface area contributed by atoms with Crippen LogP contribution in [0.3, 0.4) is 0 Å². The van der Waals surface area contributed by atoms with Crippen molar-refractivity contribution in [2.75, 3.05) is 18.5 Å². The SMILES string of the molecule is CCOC(=O)c1nn(-c2ccccc2)cc1OCC(=O)Nc1ccc(S(=O)(=O)C(F)F)cc1. The second-order valence-corrected chi connectivity index (χ2v) is 8.43. The van der Waals surface area contributed by atoms with Gasteiger partial charge < -0.3 is 14.8 Å². The molecule has 0 spiro atoms. The van der Waals surface area contributed by atoms with Crippen molar-refractivity contribution >= 4 is 27.4 Å². The number of nitrogens with one attached hydrogen (secondary N) is 1. The summed E-state index contributed by atoms with van der Waals surface area (Å²) in [5.41, 5.74) is 0.707. The normalized spacial score (nSPS) is 11.3. The number of benzene rings is 2. The van der Waals surface area contributed by atoms with Crippen LogP contribution in [0.1, 0.15) is 17.4 Å². The van der Waals surface area contributed by atoms with Gasteiger partial charge >= 0.3 is 11.7 Å². The molecule has 12 heteroatoms. The Labute approximate surface area is 187 Å². The molecule has 9 nitrogen and oxygen atoms in total. The Morgan fingerprint density at radius 1 is 1.09 bits per heavy atom. The van der Waals surface area contributed by atoms with Crippen LogP contribution in [0.25, 0.3) is 5.69 Å². The van der Waals surface area contributed by atoms with Crippen LogP contribution >= 0.6 is 0 Å². The van der Waals surface area contributed by atoms with Crippen molar-refractivity contribution in [2.45, 2.75) is 17.6 Å². The number of anilines is 1. The van der Waals surface area contributed by atoms with Crippen LogP contribution in [0.2, 0.25) is 0 Å². The molecule has 3 rings (SSSR count). The zero-order valence-electron chi connectivity index (χ0n) is 17.3. The molecule has 0 saturated carbocycles. The molecule has 0 aliphatic carbocycles. The summed E-state index contributed by atoms with van der Waals surface area (Å²) in [6.45, 7) is 1.25. The second-order valence-electron chi connectivity index (χ2n) is 6.51. The topological polar surface area (TPSA) is 117 Å². The molecule has 3 aromatic rings. The van der Waals surface area contributed by atoms with Crippen molar-refractivity contribution in [1.82, 2.24) is 9.78 Å². The van der Waals surface area contributed by atoms with E-state index in [2.05, 4.69) is 10.4 Å². The van der Waals surface area contributed by atoms with E-state index in [1.807, 2.05) is 6.07 Å². The van der Waals surface area contributed by atoms with Crippen molar-refractivity contribution < 1.29 is 36.3 Å². The van der Waals surface area contributed by atoms with Gasteiger partial charge in [-0.25, -0.2) is 17.9 Å². The second kappa shape index (κ2) is 10.2. The lowest BCUT2D eigenvalue weighted by Gasteiger charge is -2.08. The van der Waals surface area contributed by atoms with E-state index >= 15 is 0 Å². The van der Waals surface area contributed by atoms with Crippen LogP contribution in [0.4, 0.5) is 14.5 Å². The summed E-state index contributed by atoms with van der Waals surface area (Å²) < 4.78 is 60.0. The van der Waals surface area contributed by atoms with Gasteiger partial charge in [-0.2, -0.15) is 13.9 Å². The first kappa shape index (κ1) is 23.9. The van der Waals surface area contributed by atoms with E-state index in [9.17, 15) is 26.8 Å². The van der Waals surface area contributed by atoms with Crippen molar-refractivity contribution in [1.29, 1.82) is 0 Å². The summed E-state index contributed by atoms with van der Waals surface area (Å²) in [5.74, 6) is -4.89. The maximum atomic E-state index is 12.6. The number of rotatable bonds is 9. The fourth-order valence-corrected chi connectivity index (χ4v) is 3.41. The first-order valence-electron chi connectivity index (χ1n) is 9.59. The van der Waals surface area contributed by atoms with Crippen LogP contribution < -0.4 is 10.1 Å². The highest BCUT2D eigenvalue weighted by Gasteiger charge is 2.26. The van der Waals surface area contributed by atoms with Crippen LogP contribution in [-0.4, -0.2) is 49.0 Å². The Morgan fingerprint density at radius 3 is 2.36 bits per heavy atom. The quantitative estimate of drug-likeness (QED) is 0.469. The number of esters is 1. The van der Waals surface area contributed by atoms with Crippen LogP contribution in [-0.2, 0) is 19.4 Å². The lowest BCUT2D eigenvalue weighted by atomic mass is 10.3. The molecule has 1 N–H and O–H groups in total. The molecule has 0 aliphatic rings. The van der Waals surface area contributed by atoms with Gasteiger partial charge in [-0.3, -0.25) is 4.79 Å². The predicted molar refractivity (Wildman–Crippen MR) is 113 cm³/mol. The Balaban J connectivity index is 1.70. The average Bonchev–Trinajstić information content (AvgIpc) is 3.23. The molecule has 2 aromatic carbocycles. The highest BCUT2D eigenvalue weighted by molar-refractivity contribution is 7.91. The van der Waals surface area contributed by atoms with Crippen LogP contribution in [0.5, 0.6) is 5.75 Å². The Bertz CT molecular complexity index is 1230. The van der Waals surface area contributed by atoms with Crippen LogP contribution in [0.15, 0.2) is 65.7 Å². The number of sulfone groups is 1. The number of ether oxygens (including phenoxy) is 2. The maximum Gasteiger partial charge on any atom is 0.362 e. The lowest BCUT2D eigenvalue weighted by Crippen LogP contribution is -2.21. The number of hydrogen-bond donors (Lipinski definition) is 1. The number of alkyl halides is 2. The molecule has 0 bridgehead atoms. The van der Waals surface area contributed by atoms with Gasteiger partial charge in [0.05, 0.1) is 23.4 Å². The van der Waals surface area contributed by atoms with Gasteiger partial charge in [0, 0.05) is 5.69 Å². The minimum Gasteiger partial charge on any atom is -0.480 e. The third kappa shape index (κ3) is 5.71. The molecule has 0 aliphatic heterocycles. The molecule has 1 heterocycles. The molecule has 0 saturated heterocycles. The number of amides is 1. The third-order valence-electron chi connectivity index (χ3n) is 4.23. The number of carbonyl (C=O) groups excluding carboxylic acids is 2. The summed E-state index contributed by atoms with van der Waals surface area (Å²) >= 11 is 0. The number of hydrogen-bond acceptors (Lipinski definition) is 7. The van der Waals surface area contributed by atoms with Gasteiger partial charge in [0.1, 0.15) is 0 Å². The summed E-state index contributed by atoms with van der Waals surface area (Å²) in [6.07, 6.45) is 1.43. The Kier molecular flexibility index (Phi) is 7.38. The van der Waals surface area contributed by atoms with Crippen molar-refractivity contribution in [3.8, 4) is 11.4 Å². The lowest BCUT2D eigenvalue weighted by molar-refractivity contribution is -0.118. The molecule has 0 unspecified atom stereocenters. The summed E-state index contributed by atoms with van der Waals surface area (Å²) in [6, 6.07) is 13.2. The number of aromatic nitrogens is 2. The molecule has 33 heavy (non-hydrogen) atoms. The number of para-hydroxylation sites is 1. The number of carbonyl (C=O) groups is 2. The van der Waals surface area contributed by atoms with Gasteiger partial charge in [0.25, 0.3) is 5.91 Å². The van der Waals surface area contributed by atoms with E-state index in [-0.39, 0.29) is 23.7 Å². The standard InChI is InChI=1S/C21H19F2N3O6S/c1-2-31-20(28)19-17(12-26(25-19)15-6-4-3-5-7-15)32-13-18(27)24-14-8-10-16(11-9-14)33(29,30)21(22)23/h3-12,21H,2,13H2,1H3,(H,24,27). The zero-order chi connectivity index (χ0) is 24.0. The van der Waals surface area contributed by atoms with E-state index in [1.165, 1.54) is 23.0 Å². The van der Waals surface area contributed by atoms with E-state index in [1.54, 1.807) is 31.2 Å². The molecular formula is C21H19F2N3O6S. The van der Waals surface area contributed by atoms with E-state index < -0.39 is 39.0 Å². The molecule has 174 valence electrons. The summed E-state index contributed by atoms with van der Waals surface area (Å²) in [4.78, 5) is 23.9. The Morgan fingerprint density at radius 2 is 1.76 bits per heavy atom. The largest absolute Gasteiger partial charge is 0.480 e. The molecule has 1 amide bonds. The molecule has 0 atom stereocenters. The molecular weight excluding hydrogens is 460 g/mol. The van der Waals surface area contributed by atoms with Gasteiger partial charge in [0.15, 0.2) is 12.4 Å². The predicted octanol–water partition coefficient (Wildman–Crippen LogP) is 3.06. The van der Waals surface area contributed by atoms with Crippen molar-refractivity contribution in [2.24, 2.45) is 0 Å². The van der Waals surface area contributed by atoms with Gasteiger partial charge in [-0.05, 0) is 43.3 Å². The van der Waals surface area contributed by atoms with Gasteiger partial charge in [0.2, 0.25) is 15.5 Å². The third-order valence-corrected chi connectivity index (χ3v) is 5.63. The smallest absolute Gasteiger partial charge is 0.362 e. The fourth-order valence-electron chi connectivity index (χ4n) is 2.69. The highest BCUT2D eigenvalue weighted by atomic mass is 32.2. The Hall–Kier alpha value is -3.80. The monoisotopic (exact) mass is 479 g/mol. The van der Waals surface area contributed by atoms with Crippen molar-refractivity contribution in [3.63, 3.8) is 0 Å². The molecule has 0 fully saturated rings. The number of nitrogens with zero attached hydrogens (tertiary/aromatic N) is 2. The molecule has 1 aromatic heterocycles. The van der Waals surface area contributed by atoms with Gasteiger partial charge in [-0.1, -0.05) is 18.2 Å². The van der Waals surface area contributed by atoms with Crippen molar-refractivity contribution in [3.05, 3.63) is 66.5 Å². The van der Waals surface area contributed by atoms with E-state index in [0.717, 1.165) is 12.1 Å². The maximum absolute atomic E-state index is 12.6. The van der Waals surface area contributed by atoms with Gasteiger partial charge in [-0.15, -0.1) is 0 Å². The number of halogens is 2.